The van der Waals surface area contributed by atoms with E-state index < -0.39 is 0 Å². The van der Waals surface area contributed by atoms with Gasteiger partial charge in [-0.05, 0) is 50.6 Å². The Morgan fingerprint density at radius 2 is 2.17 bits per heavy atom. The maximum atomic E-state index is 5.51. The standard InChI is InChI=1S/C17H20N4O3/c1-4-17(5-6-18-10-17)21(7-1)9-15-19-16(20-24-15)12-2-3-13-14(8-12)23-11-22-13/h2-3,8,18H,1,4-7,9-11H2. The van der Waals surface area contributed by atoms with Gasteiger partial charge in [-0.1, -0.05) is 5.16 Å². The maximum absolute atomic E-state index is 5.51. The van der Waals surface area contributed by atoms with Crippen LogP contribution in [-0.4, -0.2) is 47.0 Å². The fourth-order valence-electron chi connectivity index (χ4n) is 4.09. The molecule has 1 unspecified atom stereocenters. The van der Waals surface area contributed by atoms with Gasteiger partial charge in [0.1, 0.15) is 0 Å². The molecule has 0 amide bonds. The van der Waals surface area contributed by atoms with Crippen LogP contribution in [0.25, 0.3) is 11.4 Å². The number of likely N-dealkylation sites (tertiary alicyclic amines) is 1. The molecule has 0 bridgehead atoms. The molecule has 0 saturated carbocycles. The number of hydrogen-bond acceptors (Lipinski definition) is 7. The van der Waals surface area contributed by atoms with E-state index in [2.05, 4.69) is 20.4 Å². The van der Waals surface area contributed by atoms with E-state index in [1.807, 2.05) is 18.2 Å². The highest BCUT2D eigenvalue weighted by Gasteiger charge is 2.43. The normalized spacial score (nSPS) is 25.8. The Balaban J connectivity index is 1.36. The molecule has 1 spiro atoms. The molecule has 1 aromatic carbocycles. The second-order valence-electron chi connectivity index (χ2n) is 6.76. The molecule has 0 radical (unpaired) electrons. The second-order valence-corrected chi connectivity index (χ2v) is 6.76. The number of fused-ring (bicyclic) bond motifs is 1. The number of ether oxygens (including phenoxy) is 2. The summed E-state index contributed by atoms with van der Waals surface area (Å²) in [5.74, 6) is 2.77. The highest BCUT2D eigenvalue weighted by molar-refractivity contribution is 5.61. The SMILES string of the molecule is c1cc2c(cc1-c1noc(CN3CCCC34CCNC4)n1)OCO2. The molecule has 1 N–H and O–H groups in total. The maximum Gasteiger partial charge on any atom is 0.241 e. The van der Waals surface area contributed by atoms with Gasteiger partial charge in [-0.25, -0.2) is 0 Å². The molecule has 3 aliphatic heterocycles. The van der Waals surface area contributed by atoms with Crippen molar-refractivity contribution in [1.29, 1.82) is 0 Å². The van der Waals surface area contributed by atoms with Crippen LogP contribution in [-0.2, 0) is 6.54 Å². The molecular weight excluding hydrogens is 308 g/mol. The van der Waals surface area contributed by atoms with Crippen molar-refractivity contribution in [3.05, 3.63) is 24.1 Å². The Bertz CT molecular complexity index is 749. The first-order valence-electron chi connectivity index (χ1n) is 8.51. The first-order valence-corrected chi connectivity index (χ1v) is 8.51. The van der Waals surface area contributed by atoms with Gasteiger partial charge in [-0.15, -0.1) is 0 Å². The first kappa shape index (κ1) is 14.2. The van der Waals surface area contributed by atoms with E-state index in [-0.39, 0.29) is 12.3 Å². The van der Waals surface area contributed by atoms with Crippen LogP contribution >= 0.6 is 0 Å². The largest absolute Gasteiger partial charge is 0.454 e. The lowest BCUT2D eigenvalue weighted by molar-refractivity contribution is 0.130. The summed E-state index contributed by atoms with van der Waals surface area (Å²) in [7, 11) is 0. The zero-order chi connectivity index (χ0) is 16.0. The molecular formula is C17H20N4O3. The number of nitrogens with zero attached hydrogens (tertiary/aromatic N) is 3. The van der Waals surface area contributed by atoms with Gasteiger partial charge in [0.05, 0.1) is 6.54 Å². The lowest BCUT2D eigenvalue weighted by Gasteiger charge is -2.33. The molecule has 2 fully saturated rings. The van der Waals surface area contributed by atoms with Crippen molar-refractivity contribution in [3.8, 4) is 22.9 Å². The van der Waals surface area contributed by atoms with Gasteiger partial charge in [0.25, 0.3) is 0 Å². The van der Waals surface area contributed by atoms with Crippen molar-refractivity contribution in [2.24, 2.45) is 0 Å². The second kappa shape index (κ2) is 5.46. The molecule has 0 aliphatic carbocycles. The highest BCUT2D eigenvalue weighted by Crippen LogP contribution is 2.37. The smallest absolute Gasteiger partial charge is 0.241 e. The van der Waals surface area contributed by atoms with Crippen LogP contribution in [0.2, 0.25) is 0 Å². The third-order valence-corrected chi connectivity index (χ3v) is 5.39. The molecule has 2 saturated heterocycles. The van der Waals surface area contributed by atoms with E-state index in [0.29, 0.717) is 11.7 Å². The van der Waals surface area contributed by atoms with Crippen LogP contribution in [0.15, 0.2) is 22.7 Å². The summed E-state index contributed by atoms with van der Waals surface area (Å²) in [6.07, 6.45) is 3.70. The van der Waals surface area contributed by atoms with Crippen molar-refractivity contribution in [1.82, 2.24) is 20.4 Å². The quantitative estimate of drug-likeness (QED) is 0.921. The predicted octanol–water partition coefficient (Wildman–Crippen LogP) is 1.79. The number of rotatable bonds is 3. The molecule has 2 aromatic rings. The number of nitrogens with one attached hydrogen (secondary N) is 1. The Hall–Kier alpha value is -2.12. The minimum Gasteiger partial charge on any atom is -0.454 e. The lowest BCUT2D eigenvalue weighted by Crippen LogP contribution is -2.45. The zero-order valence-corrected chi connectivity index (χ0v) is 13.5. The molecule has 3 aliphatic rings. The van der Waals surface area contributed by atoms with Gasteiger partial charge in [-0.3, -0.25) is 4.90 Å². The van der Waals surface area contributed by atoms with Crippen LogP contribution in [0.5, 0.6) is 11.5 Å². The fourth-order valence-corrected chi connectivity index (χ4v) is 4.09. The highest BCUT2D eigenvalue weighted by atomic mass is 16.7. The average Bonchev–Trinajstić information content (AvgIpc) is 3.37. The Morgan fingerprint density at radius 1 is 1.21 bits per heavy atom. The summed E-state index contributed by atoms with van der Waals surface area (Å²) in [6.45, 7) is 4.25. The summed E-state index contributed by atoms with van der Waals surface area (Å²) in [5, 5.41) is 7.64. The Labute approximate surface area is 139 Å². The van der Waals surface area contributed by atoms with Gasteiger partial charge >= 0.3 is 0 Å². The van der Waals surface area contributed by atoms with E-state index >= 15 is 0 Å². The van der Waals surface area contributed by atoms with Gasteiger partial charge in [0.2, 0.25) is 18.5 Å². The Morgan fingerprint density at radius 3 is 3.08 bits per heavy atom. The summed E-state index contributed by atoms with van der Waals surface area (Å²) in [4.78, 5) is 7.09. The van der Waals surface area contributed by atoms with E-state index in [4.69, 9.17) is 14.0 Å². The molecule has 126 valence electrons. The van der Waals surface area contributed by atoms with Crippen LogP contribution in [0.1, 0.15) is 25.2 Å². The van der Waals surface area contributed by atoms with E-state index in [1.54, 1.807) is 0 Å². The van der Waals surface area contributed by atoms with Crippen LogP contribution in [0.4, 0.5) is 0 Å². The molecule has 1 aromatic heterocycles. The topological polar surface area (TPSA) is 72.7 Å². The van der Waals surface area contributed by atoms with Crippen molar-refractivity contribution < 1.29 is 14.0 Å². The molecule has 24 heavy (non-hydrogen) atoms. The molecule has 5 rings (SSSR count). The minimum absolute atomic E-state index is 0.265. The van der Waals surface area contributed by atoms with Crippen LogP contribution < -0.4 is 14.8 Å². The van der Waals surface area contributed by atoms with Gasteiger partial charge < -0.3 is 19.3 Å². The monoisotopic (exact) mass is 328 g/mol. The van der Waals surface area contributed by atoms with Gasteiger partial charge in [-0.2, -0.15) is 4.98 Å². The average molecular weight is 328 g/mol. The number of aromatic nitrogens is 2. The van der Waals surface area contributed by atoms with E-state index in [9.17, 15) is 0 Å². The molecule has 7 heteroatoms. The van der Waals surface area contributed by atoms with Crippen molar-refractivity contribution in [3.63, 3.8) is 0 Å². The van der Waals surface area contributed by atoms with E-state index in [0.717, 1.165) is 43.2 Å². The summed E-state index contributed by atoms with van der Waals surface area (Å²) in [6, 6.07) is 5.71. The molecule has 1 atom stereocenters. The van der Waals surface area contributed by atoms with Crippen molar-refractivity contribution >= 4 is 0 Å². The minimum atomic E-state index is 0.265. The lowest BCUT2D eigenvalue weighted by atomic mass is 9.95. The van der Waals surface area contributed by atoms with Gasteiger partial charge in [0, 0.05) is 17.6 Å². The van der Waals surface area contributed by atoms with Crippen molar-refractivity contribution in [2.75, 3.05) is 26.4 Å². The number of hydrogen-bond donors (Lipinski definition) is 1. The summed E-state index contributed by atoms with van der Waals surface area (Å²) in [5.41, 5.74) is 1.17. The summed E-state index contributed by atoms with van der Waals surface area (Å²) < 4.78 is 16.3. The number of benzene rings is 1. The summed E-state index contributed by atoms with van der Waals surface area (Å²) >= 11 is 0. The Kier molecular flexibility index (Phi) is 3.24. The first-order chi connectivity index (χ1) is 11.8. The van der Waals surface area contributed by atoms with Crippen molar-refractivity contribution in [2.45, 2.75) is 31.3 Å². The fraction of sp³-hybridized carbons (Fsp3) is 0.529. The third-order valence-electron chi connectivity index (χ3n) is 5.39. The van der Waals surface area contributed by atoms with E-state index in [1.165, 1.54) is 19.3 Å². The van der Waals surface area contributed by atoms with Crippen LogP contribution in [0, 0.1) is 0 Å². The van der Waals surface area contributed by atoms with Gasteiger partial charge in [0.15, 0.2) is 11.5 Å². The zero-order valence-electron chi connectivity index (χ0n) is 13.5. The molecule has 4 heterocycles. The van der Waals surface area contributed by atoms with Crippen LogP contribution in [0.3, 0.4) is 0 Å². The predicted molar refractivity (Wildman–Crippen MR) is 85.7 cm³/mol. The third kappa shape index (κ3) is 2.27. The molecule has 7 nitrogen and oxygen atoms in total.